The number of aromatic nitrogens is 2. The average Bonchev–Trinajstić information content (AvgIpc) is 2.74. The molecule has 0 aliphatic rings. The molecule has 1 heterocycles. The molecule has 0 unspecified atom stereocenters. The first kappa shape index (κ1) is 12.3. The highest BCUT2D eigenvalue weighted by atomic mass is 79.9. The summed E-state index contributed by atoms with van der Waals surface area (Å²) < 4.78 is 6.24. The van der Waals surface area contributed by atoms with Crippen molar-refractivity contribution in [3.8, 4) is 0 Å². The van der Waals surface area contributed by atoms with Crippen molar-refractivity contribution in [3.63, 3.8) is 0 Å². The van der Waals surface area contributed by atoms with Gasteiger partial charge in [0.2, 0.25) is 5.89 Å². The van der Waals surface area contributed by atoms with E-state index in [4.69, 9.17) is 10.3 Å². The molecule has 0 spiro atoms. The molecule has 0 bridgehead atoms. The van der Waals surface area contributed by atoms with Gasteiger partial charge in [-0.05, 0) is 30.7 Å². The molecule has 1 aromatic carbocycles. The monoisotopic (exact) mass is 295 g/mol. The van der Waals surface area contributed by atoms with Crippen LogP contribution >= 0.6 is 15.9 Å². The standard InChI is InChI=1S/C12H14BrN3O/c13-10-4-1-3-9(7-10)8-12-15-11(16-17-12)5-2-6-14/h1,3-4,7H,2,5-6,8,14H2. The molecule has 0 saturated carbocycles. The molecular weight excluding hydrogens is 282 g/mol. The lowest BCUT2D eigenvalue weighted by molar-refractivity contribution is 0.379. The molecule has 0 fully saturated rings. The molecule has 0 aliphatic carbocycles. The molecule has 0 saturated heterocycles. The predicted molar refractivity (Wildman–Crippen MR) is 68.6 cm³/mol. The first-order valence-corrected chi connectivity index (χ1v) is 6.33. The van der Waals surface area contributed by atoms with Crippen molar-refractivity contribution in [3.05, 3.63) is 46.0 Å². The molecule has 2 rings (SSSR count). The summed E-state index contributed by atoms with van der Waals surface area (Å²) >= 11 is 3.43. The van der Waals surface area contributed by atoms with Gasteiger partial charge in [-0.25, -0.2) is 0 Å². The quantitative estimate of drug-likeness (QED) is 0.919. The van der Waals surface area contributed by atoms with E-state index in [1.54, 1.807) is 0 Å². The minimum Gasteiger partial charge on any atom is -0.339 e. The van der Waals surface area contributed by atoms with Crippen LogP contribution in [0, 0.1) is 0 Å². The zero-order valence-electron chi connectivity index (χ0n) is 9.40. The molecule has 17 heavy (non-hydrogen) atoms. The molecule has 90 valence electrons. The van der Waals surface area contributed by atoms with Crippen molar-refractivity contribution < 1.29 is 4.52 Å². The minimum atomic E-state index is 0.648. The molecule has 2 aromatic rings. The van der Waals surface area contributed by atoms with E-state index in [9.17, 15) is 0 Å². The van der Waals surface area contributed by atoms with E-state index in [1.165, 1.54) is 0 Å². The lowest BCUT2D eigenvalue weighted by atomic mass is 10.1. The Balaban J connectivity index is 2.01. The third-order valence-electron chi connectivity index (χ3n) is 2.36. The summed E-state index contributed by atoms with van der Waals surface area (Å²) in [5.41, 5.74) is 6.58. The largest absolute Gasteiger partial charge is 0.339 e. The number of halogens is 1. The maximum absolute atomic E-state index is 5.43. The van der Waals surface area contributed by atoms with Crippen LogP contribution in [0.2, 0.25) is 0 Å². The van der Waals surface area contributed by atoms with Crippen molar-refractivity contribution in [2.75, 3.05) is 6.54 Å². The maximum atomic E-state index is 5.43. The Bertz CT molecular complexity index is 484. The number of nitrogens with zero attached hydrogens (tertiary/aromatic N) is 2. The highest BCUT2D eigenvalue weighted by molar-refractivity contribution is 9.10. The van der Waals surface area contributed by atoms with Crippen LogP contribution in [0.3, 0.4) is 0 Å². The van der Waals surface area contributed by atoms with Gasteiger partial charge in [0.25, 0.3) is 0 Å². The van der Waals surface area contributed by atoms with Crippen molar-refractivity contribution in [2.24, 2.45) is 5.73 Å². The first-order valence-electron chi connectivity index (χ1n) is 5.54. The van der Waals surface area contributed by atoms with Crippen molar-refractivity contribution >= 4 is 15.9 Å². The predicted octanol–water partition coefficient (Wildman–Crippen LogP) is 2.31. The molecule has 0 radical (unpaired) electrons. The third kappa shape index (κ3) is 3.64. The summed E-state index contributed by atoms with van der Waals surface area (Å²) in [6.07, 6.45) is 2.32. The Morgan fingerprint density at radius 2 is 2.24 bits per heavy atom. The van der Waals surface area contributed by atoms with Crippen LogP contribution in [0.25, 0.3) is 0 Å². The summed E-state index contributed by atoms with van der Waals surface area (Å²) in [7, 11) is 0. The lowest BCUT2D eigenvalue weighted by Crippen LogP contribution is -2.01. The lowest BCUT2D eigenvalue weighted by Gasteiger charge is -1.96. The number of hydrogen-bond donors (Lipinski definition) is 1. The Morgan fingerprint density at radius 1 is 1.35 bits per heavy atom. The van der Waals surface area contributed by atoms with Crippen molar-refractivity contribution in [2.45, 2.75) is 19.3 Å². The van der Waals surface area contributed by atoms with Gasteiger partial charge in [0.15, 0.2) is 5.82 Å². The van der Waals surface area contributed by atoms with Crippen LogP contribution in [-0.4, -0.2) is 16.7 Å². The second kappa shape index (κ2) is 5.93. The van der Waals surface area contributed by atoms with Crippen LogP contribution in [0.1, 0.15) is 23.7 Å². The fourth-order valence-corrected chi connectivity index (χ4v) is 1.99. The fraction of sp³-hybridized carbons (Fsp3) is 0.333. The van der Waals surface area contributed by atoms with Gasteiger partial charge in [-0.2, -0.15) is 4.98 Å². The molecule has 0 atom stereocenters. The van der Waals surface area contributed by atoms with Gasteiger partial charge in [-0.3, -0.25) is 0 Å². The SMILES string of the molecule is NCCCc1noc(Cc2cccc(Br)c2)n1. The van der Waals surface area contributed by atoms with Crippen LogP contribution in [-0.2, 0) is 12.8 Å². The minimum absolute atomic E-state index is 0.648. The van der Waals surface area contributed by atoms with Crippen molar-refractivity contribution in [1.82, 2.24) is 10.1 Å². The summed E-state index contributed by atoms with van der Waals surface area (Å²) in [6.45, 7) is 0.648. The van der Waals surface area contributed by atoms with E-state index in [1.807, 2.05) is 24.3 Å². The smallest absolute Gasteiger partial charge is 0.231 e. The van der Waals surface area contributed by atoms with Crippen LogP contribution in [0.4, 0.5) is 0 Å². The number of aryl methyl sites for hydroxylation is 1. The van der Waals surface area contributed by atoms with Gasteiger partial charge in [-0.1, -0.05) is 33.2 Å². The first-order chi connectivity index (χ1) is 8.28. The van der Waals surface area contributed by atoms with Gasteiger partial charge in [-0.15, -0.1) is 0 Å². The van der Waals surface area contributed by atoms with Gasteiger partial charge in [0.1, 0.15) is 0 Å². The zero-order chi connectivity index (χ0) is 12.1. The molecule has 0 aliphatic heterocycles. The highest BCUT2D eigenvalue weighted by Crippen LogP contribution is 2.14. The van der Waals surface area contributed by atoms with Gasteiger partial charge in [0, 0.05) is 10.9 Å². The van der Waals surface area contributed by atoms with Crippen LogP contribution in [0.15, 0.2) is 33.3 Å². The number of benzene rings is 1. The second-order valence-electron chi connectivity index (χ2n) is 3.80. The fourth-order valence-electron chi connectivity index (χ4n) is 1.55. The Hall–Kier alpha value is -1.20. The molecule has 0 amide bonds. The highest BCUT2D eigenvalue weighted by Gasteiger charge is 2.06. The molecule has 2 N–H and O–H groups in total. The van der Waals surface area contributed by atoms with Crippen LogP contribution in [0.5, 0.6) is 0 Å². The number of rotatable bonds is 5. The van der Waals surface area contributed by atoms with E-state index >= 15 is 0 Å². The second-order valence-corrected chi connectivity index (χ2v) is 4.72. The summed E-state index contributed by atoms with van der Waals surface area (Å²) in [5.74, 6) is 1.38. The summed E-state index contributed by atoms with van der Waals surface area (Å²) in [6, 6.07) is 8.06. The Morgan fingerprint density at radius 3 is 3.00 bits per heavy atom. The van der Waals surface area contributed by atoms with Gasteiger partial charge < -0.3 is 10.3 Å². The van der Waals surface area contributed by atoms with E-state index in [2.05, 4.69) is 26.1 Å². The summed E-state index contributed by atoms with van der Waals surface area (Å²) in [4.78, 5) is 4.32. The van der Waals surface area contributed by atoms with Gasteiger partial charge >= 0.3 is 0 Å². The maximum Gasteiger partial charge on any atom is 0.231 e. The Labute approximate surface area is 108 Å². The topological polar surface area (TPSA) is 64.9 Å². The van der Waals surface area contributed by atoms with Gasteiger partial charge in [0.05, 0.1) is 6.42 Å². The third-order valence-corrected chi connectivity index (χ3v) is 2.85. The number of nitrogens with two attached hydrogens (primary N) is 1. The normalized spacial score (nSPS) is 10.7. The van der Waals surface area contributed by atoms with E-state index in [0.717, 1.165) is 28.7 Å². The molecule has 4 nitrogen and oxygen atoms in total. The average molecular weight is 296 g/mol. The Kier molecular flexibility index (Phi) is 4.28. The molecular formula is C12H14BrN3O. The van der Waals surface area contributed by atoms with Crippen LogP contribution < -0.4 is 5.73 Å². The summed E-state index contributed by atoms with van der Waals surface area (Å²) in [5, 5.41) is 3.92. The van der Waals surface area contributed by atoms with Crippen molar-refractivity contribution in [1.29, 1.82) is 0 Å². The zero-order valence-corrected chi connectivity index (χ0v) is 11.0. The van der Waals surface area contributed by atoms with E-state index < -0.39 is 0 Å². The van der Waals surface area contributed by atoms with E-state index in [-0.39, 0.29) is 0 Å². The molecule has 5 heteroatoms. The van der Waals surface area contributed by atoms with E-state index in [0.29, 0.717) is 18.9 Å². The molecule has 1 aromatic heterocycles. The number of hydrogen-bond acceptors (Lipinski definition) is 4.